The lowest BCUT2D eigenvalue weighted by atomic mass is 10.0. The lowest BCUT2D eigenvalue weighted by molar-refractivity contribution is -0.148. The second-order valence-corrected chi connectivity index (χ2v) is 8.85. The van der Waals surface area contributed by atoms with Crippen LogP contribution in [0, 0.1) is 11.3 Å². The zero-order valence-corrected chi connectivity index (χ0v) is 18.7. The SMILES string of the molecule is CC(C)(C)N(C(=O)O)c1cc(C#N)cc(N2CCOC(C(=O)N3CCOCC3)C2)c1Cl. The number of carbonyl (C=O) groups is 2. The van der Waals surface area contributed by atoms with Crippen LogP contribution < -0.4 is 9.80 Å². The molecule has 0 saturated carbocycles. The van der Waals surface area contributed by atoms with E-state index in [1.165, 1.54) is 6.07 Å². The summed E-state index contributed by atoms with van der Waals surface area (Å²) in [6.45, 7) is 8.32. The Morgan fingerprint density at radius 1 is 1.23 bits per heavy atom. The third kappa shape index (κ3) is 5.03. The van der Waals surface area contributed by atoms with Gasteiger partial charge in [-0.15, -0.1) is 0 Å². The highest BCUT2D eigenvalue weighted by atomic mass is 35.5. The van der Waals surface area contributed by atoms with Gasteiger partial charge in [0.1, 0.15) is 0 Å². The number of amides is 2. The summed E-state index contributed by atoms with van der Waals surface area (Å²) >= 11 is 6.68. The van der Waals surface area contributed by atoms with Gasteiger partial charge in [-0.1, -0.05) is 11.6 Å². The molecule has 1 atom stereocenters. The normalized spacial score (nSPS) is 19.6. The van der Waals surface area contributed by atoms with Gasteiger partial charge in [0.15, 0.2) is 6.10 Å². The van der Waals surface area contributed by atoms with Gasteiger partial charge in [-0.2, -0.15) is 5.26 Å². The Hall–Kier alpha value is -2.54. The van der Waals surface area contributed by atoms with Crippen molar-refractivity contribution in [3.63, 3.8) is 0 Å². The Bertz CT molecular complexity index is 889. The van der Waals surface area contributed by atoms with Gasteiger partial charge in [-0.25, -0.2) is 4.79 Å². The van der Waals surface area contributed by atoms with E-state index in [-0.39, 0.29) is 28.7 Å². The van der Waals surface area contributed by atoms with E-state index in [9.17, 15) is 20.0 Å². The summed E-state index contributed by atoms with van der Waals surface area (Å²) in [6.07, 6.45) is -1.84. The first-order chi connectivity index (χ1) is 14.6. The Morgan fingerprint density at radius 3 is 2.48 bits per heavy atom. The van der Waals surface area contributed by atoms with Crippen LogP contribution in [0.4, 0.5) is 16.2 Å². The number of halogens is 1. The van der Waals surface area contributed by atoms with Crippen LogP contribution in [0.2, 0.25) is 5.02 Å². The Balaban J connectivity index is 1.93. The van der Waals surface area contributed by atoms with Gasteiger partial charge in [0.2, 0.25) is 0 Å². The van der Waals surface area contributed by atoms with Crippen molar-refractivity contribution in [2.75, 3.05) is 55.8 Å². The van der Waals surface area contributed by atoms with Crippen LogP contribution in [0.1, 0.15) is 26.3 Å². The van der Waals surface area contributed by atoms with Crippen molar-refractivity contribution in [1.82, 2.24) is 4.90 Å². The van der Waals surface area contributed by atoms with Crippen LogP contribution in [0.3, 0.4) is 0 Å². The summed E-state index contributed by atoms with van der Waals surface area (Å²) in [7, 11) is 0. The summed E-state index contributed by atoms with van der Waals surface area (Å²) in [6, 6.07) is 5.18. The van der Waals surface area contributed by atoms with Crippen LogP contribution in [-0.4, -0.2) is 79.6 Å². The highest BCUT2D eigenvalue weighted by Crippen LogP contribution is 2.40. The molecule has 0 spiro atoms. The van der Waals surface area contributed by atoms with Crippen molar-refractivity contribution in [2.45, 2.75) is 32.4 Å². The Morgan fingerprint density at radius 2 is 1.90 bits per heavy atom. The van der Waals surface area contributed by atoms with E-state index < -0.39 is 17.7 Å². The average molecular weight is 451 g/mol. The maximum Gasteiger partial charge on any atom is 0.412 e. The van der Waals surface area contributed by atoms with Crippen molar-refractivity contribution in [2.24, 2.45) is 0 Å². The van der Waals surface area contributed by atoms with E-state index in [1.54, 1.807) is 31.7 Å². The van der Waals surface area contributed by atoms with Gasteiger partial charge in [-0.3, -0.25) is 9.69 Å². The number of morpholine rings is 2. The molecule has 2 fully saturated rings. The molecular weight excluding hydrogens is 424 g/mol. The van der Waals surface area contributed by atoms with Crippen LogP contribution in [0.5, 0.6) is 0 Å². The zero-order valence-electron chi connectivity index (χ0n) is 17.9. The molecule has 2 aliphatic rings. The standard InChI is InChI=1S/C21H27ClN4O5/c1-21(2,3)26(20(28)29)16-11-14(12-23)10-15(18(16)22)25-6-9-31-17(13-25)19(27)24-4-7-30-8-5-24/h10-11,17H,4-9,13H2,1-3H3,(H,28,29). The summed E-state index contributed by atoms with van der Waals surface area (Å²) in [4.78, 5) is 29.6. The van der Waals surface area contributed by atoms with Gasteiger partial charge >= 0.3 is 6.09 Å². The van der Waals surface area contributed by atoms with Gasteiger partial charge < -0.3 is 24.4 Å². The van der Waals surface area contributed by atoms with Gasteiger partial charge in [0, 0.05) is 25.2 Å². The number of nitriles is 1. The number of nitrogens with zero attached hydrogens (tertiary/aromatic N) is 4. The molecule has 0 aliphatic carbocycles. The molecular formula is C21H27ClN4O5. The molecule has 2 aliphatic heterocycles. The van der Waals surface area contributed by atoms with E-state index in [0.717, 1.165) is 4.90 Å². The number of anilines is 2. The number of rotatable bonds is 3. The van der Waals surface area contributed by atoms with E-state index in [1.807, 2.05) is 4.90 Å². The van der Waals surface area contributed by atoms with E-state index >= 15 is 0 Å². The van der Waals surface area contributed by atoms with E-state index in [2.05, 4.69) is 6.07 Å². The van der Waals surface area contributed by atoms with Gasteiger partial charge in [0.05, 0.1) is 54.4 Å². The molecule has 2 heterocycles. The second-order valence-electron chi connectivity index (χ2n) is 8.47. The Labute approximate surface area is 186 Å². The number of hydrogen-bond donors (Lipinski definition) is 1. The molecule has 0 aromatic heterocycles. The molecule has 9 nitrogen and oxygen atoms in total. The molecule has 2 amide bonds. The third-order valence-electron chi connectivity index (χ3n) is 5.27. The first-order valence-electron chi connectivity index (χ1n) is 10.1. The number of hydrogen-bond acceptors (Lipinski definition) is 6. The van der Waals surface area contributed by atoms with Crippen molar-refractivity contribution in [1.29, 1.82) is 5.26 Å². The second kappa shape index (κ2) is 9.30. The predicted molar refractivity (Wildman–Crippen MR) is 116 cm³/mol. The molecule has 0 radical (unpaired) electrons. The fourth-order valence-corrected chi connectivity index (χ4v) is 4.12. The summed E-state index contributed by atoms with van der Waals surface area (Å²) < 4.78 is 11.0. The van der Waals surface area contributed by atoms with Crippen LogP contribution in [-0.2, 0) is 14.3 Å². The molecule has 1 N–H and O–H groups in total. The maximum absolute atomic E-state index is 12.9. The maximum atomic E-state index is 12.9. The minimum Gasteiger partial charge on any atom is -0.465 e. The average Bonchev–Trinajstić information content (AvgIpc) is 2.74. The quantitative estimate of drug-likeness (QED) is 0.754. The van der Waals surface area contributed by atoms with E-state index in [0.29, 0.717) is 45.1 Å². The minimum atomic E-state index is -1.17. The first kappa shape index (κ1) is 23.1. The van der Waals surface area contributed by atoms with Crippen molar-refractivity contribution in [3.05, 3.63) is 22.7 Å². The molecule has 2 saturated heterocycles. The molecule has 1 aromatic rings. The highest BCUT2D eigenvalue weighted by molar-refractivity contribution is 6.36. The molecule has 1 aromatic carbocycles. The molecule has 168 valence electrons. The fourth-order valence-electron chi connectivity index (χ4n) is 3.81. The summed E-state index contributed by atoms with van der Waals surface area (Å²) in [5.74, 6) is -0.109. The van der Waals surface area contributed by atoms with Crippen molar-refractivity contribution >= 4 is 35.0 Å². The predicted octanol–water partition coefficient (Wildman–Crippen LogP) is 2.56. The smallest absolute Gasteiger partial charge is 0.412 e. The summed E-state index contributed by atoms with van der Waals surface area (Å²) in [5, 5.41) is 19.6. The Kier molecular flexibility index (Phi) is 6.94. The van der Waals surface area contributed by atoms with Crippen LogP contribution in [0.25, 0.3) is 0 Å². The topological polar surface area (TPSA) is 106 Å². The molecule has 1 unspecified atom stereocenters. The van der Waals surface area contributed by atoms with Gasteiger partial charge in [0.25, 0.3) is 5.91 Å². The highest BCUT2D eigenvalue weighted by Gasteiger charge is 2.34. The number of carboxylic acid groups (broad SMARTS) is 1. The number of ether oxygens (including phenoxy) is 2. The van der Waals surface area contributed by atoms with Crippen molar-refractivity contribution < 1.29 is 24.2 Å². The zero-order chi connectivity index (χ0) is 22.8. The lowest BCUT2D eigenvalue weighted by Crippen LogP contribution is -2.53. The van der Waals surface area contributed by atoms with E-state index in [4.69, 9.17) is 21.1 Å². The van der Waals surface area contributed by atoms with Gasteiger partial charge in [-0.05, 0) is 32.9 Å². The largest absolute Gasteiger partial charge is 0.465 e. The lowest BCUT2D eigenvalue weighted by Gasteiger charge is -2.39. The van der Waals surface area contributed by atoms with Crippen LogP contribution in [0.15, 0.2) is 12.1 Å². The number of benzene rings is 1. The minimum absolute atomic E-state index is 0.109. The molecule has 31 heavy (non-hydrogen) atoms. The van der Waals surface area contributed by atoms with Crippen molar-refractivity contribution in [3.8, 4) is 6.07 Å². The van der Waals surface area contributed by atoms with Crippen LogP contribution >= 0.6 is 11.6 Å². The molecule has 10 heteroatoms. The monoisotopic (exact) mass is 450 g/mol. The first-order valence-corrected chi connectivity index (χ1v) is 10.5. The summed E-state index contributed by atoms with van der Waals surface area (Å²) in [5.41, 5.74) is 0.251. The third-order valence-corrected chi connectivity index (χ3v) is 5.66. The number of carbonyl (C=O) groups excluding carboxylic acids is 1. The molecule has 0 bridgehead atoms. The molecule has 3 rings (SSSR count). The fraction of sp³-hybridized carbons (Fsp3) is 0.571.